The van der Waals surface area contributed by atoms with Crippen molar-refractivity contribution in [1.82, 2.24) is 4.90 Å². The van der Waals surface area contributed by atoms with E-state index in [9.17, 15) is 4.79 Å². The van der Waals surface area contributed by atoms with E-state index in [-0.39, 0.29) is 6.09 Å². The minimum atomic E-state index is -0.150. The average molecular weight is 195 g/mol. The smallest absolute Gasteiger partial charge is 0.414 e. The molecular weight excluding hydrogens is 178 g/mol. The van der Waals surface area contributed by atoms with Gasteiger partial charge in [-0.1, -0.05) is 25.8 Å². The van der Waals surface area contributed by atoms with E-state index >= 15 is 0 Å². The van der Waals surface area contributed by atoms with Gasteiger partial charge in [0.1, 0.15) is 0 Å². The first-order chi connectivity index (χ1) is 6.84. The molecule has 0 N–H and O–H groups in total. The number of hydrogen-bond acceptors (Lipinski definition) is 2. The molecule has 2 aliphatic heterocycles. The van der Waals surface area contributed by atoms with Gasteiger partial charge < -0.3 is 4.74 Å². The highest BCUT2D eigenvalue weighted by Crippen LogP contribution is 2.39. The minimum absolute atomic E-state index is 0.150. The predicted octanol–water partition coefficient (Wildman–Crippen LogP) is 2.68. The maximum absolute atomic E-state index is 11.2. The van der Waals surface area contributed by atoms with Gasteiger partial charge in [0.2, 0.25) is 0 Å². The van der Waals surface area contributed by atoms with Crippen LogP contribution in [-0.2, 0) is 4.74 Å². The summed E-state index contributed by atoms with van der Waals surface area (Å²) in [7, 11) is 0. The maximum Gasteiger partial charge on any atom is 0.414 e. The van der Waals surface area contributed by atoms with Crippen LogP contribution >= 0.6 is 0 Å². The first-order valence-electron chi connectivity index (χ1n) is 5.50. The lowest BCUT2D eigenvalue weighted by atomic mass is 10.2. The van der Waals surface area contributed by atoms with Crippen molar-refractivity contribution < 1.29 is 9.53 Å². The molecule has 0 bridgehead atoms. The number of allylic oxidation sites excluding steroid dienone is 1. The second-order valence-electron chi connectivity index (χ2n) is 3.91. The van der Waals surface area contributed by atoms with E-state index in [4.69, 9.17) is 4.74 Å². The zero-order valence-corrected chi connectivity index (χ0v) is 8.66. The highest BCUT2D eigenvalue weighted by Gasteiger charge is 2.48. The Morgan fingerprint density at radius 3 is 3.14 bits per heavy atom. The van der Waals surface area contributed by atoms with Crippen molar-refractivity contribution in [3.8, 4) is 0 Å². The summed E-state index contributed by atoms with van der Waals surface area (Å²) in [6.07, 6.45) is 7.89. The van der Waals surface area contributed by atoms with E-state index in [1.54, 1.807) is 4.90 Å². The summed E-state index contributed by atoms with van der Waals surface area (Å²) < 4.78 is 4.94. The number of rotatable bonds is 4. The van der Waals surface area contributed by atoms with Crippen molar-refractivity contribution in [1.29, 1.82) is 0 Å². The van der Waals surface area contributed by atoms with Crippen molar-refractivity contribution in [2.75, 3.05) is 6.61 Å². The molecule has 0 aromatic rings. The summed E-state index contributed by atoms with van der Waals surface area (Å²) in [5.74, 6) is 0. The van der Waals surface area contributed by atoms with Gasteiger partial charge in [-0.3, -0.25) is 4.90 Å². The van der Waals surface area contributed by atoms with Gasteiger partial charge in [0.05, 0.1) is 12.6 Å². The van der Waals surface area contributed by atoms with Gasteiger partial charge in [0.15, 0.2) is 0 Å². The molecule has 0 aromatic heterocycles. The van der Waals surface area contributed by atoms with Crippen molar-refractivity contribution >= 4 is 6.09 Å². The molecule has 0 aliphatic carbocycles. The Bertz CT molecular complexity index is 260. The first-order valence-corrected chi connectivity index (χ1v) is 5.50. The summed E-state index contributed by atoms with van der Waals surface area (Å²) in [5, 5.41) is 0. The quantitative estimate of drug-likeness (QED) is 0.510. The van der Waals surface area contributed by atoms with E-state index in [0.29, 0.717) is 12.6 Å². The zero-order chi connectivity index (χ0) is 9.97. The summed E-state index contributed by atoms with van der Waals surface area (Å²) in [6, 6.07) is 0.387. The van der Waals surface area contributed by atoms with Crippen LogP contribution in [0.25, 0.3) is 0 Å². The van der Waals surface area contributed by atoms with Gasteiger partial charge in [-0.15, -0.1) is 0 Å². The molecule has 0 saturated carbocycles. The molecule has 3 heteroatoms. The lowest BCUT2D eigenvalue weighted by molar-refractivity contribution is 0.111. The molecule has 1 atom stereocenters. The Kier molecular flexibility index (Phi) is 2.75. The van der Waals surface area contributed by atoms with Crippen LogP contribution in [0.2, 0.25) is 0 Å². The molecule has 2 rings (SSSR count). The van der Waals surface area contributed by atoms with E-state index in [0.717, 1.165) is 12.8 Å². The summed E-state index contributed by atoms with van der Waals surface area (Å²) in [4.78, 5) is 13.0. The van der Waals surface area contributed by atoms with Crippen LogP contribution in [0.4, 0.5) is 4.79 Å². The summed E-state index contributed by atoms with van der Waals surface area (Å²) in [6.45, 7) is 2.79. The molecule has 2 heterocycles. The molecule has 1 amide bonds. The Labute approximate surface area is 84.7 Å². The van der Waals surface area contributed by atoms with Gasteiger partial charge >= 0.3 is 6.09 Å². The highest BCUT2D eigenvalue weighted by atomic mass is 16.6. The van der Waals surface area contributed by atoms with Crippen molar-refractivity contribution in [2.24, 2.45) is 0 Å². The monoisotopic (exact) mass is 195 g/mol. The molecule has 14 heavy (non-hydrogen) atoms. The van der Waals surface area contributed by atoms with E-state index < -0.39 is 0 Å². The molecule has 0 aromatic carbocycles. The standard InChI is InChI=1S/C11H17NO2/c1-2-3-4-5-6-9-10-7-8-14-11(13)12(9)10/h6,10H,2-5,7-8H2,1H3/b9-6+/t10-,12?/m0/s1. The Morgan fingerprint density at radius 2 is 2.43 bits per heavy atom. The normalized spacial score (nSPS) is 27.5. The second-order valence-corrected chi connectivity index (χ2v) is 3.91. The number of carbonyl (C=O) groups is 1. The molecule has 78 valence electrons. The van der Waals surface area contributed by atoms with Crippen LogP contribution in [0.1, 0.15) is 39.0 Å². The number of ether oxygens (including phenoxy) is 1. The highest BCUT2D eigenvalue weighted by molar-refractivity contribution is 5.77. The second kappa shape index (κ2) is 4.03. The van der Waals surface area contributed by atoms with Crippen LogP contribution in [0.3, 0.4) is 0 Å². The number of fused-ring (bicyclic) bond motifs is 1. The van der Waals surface area contributed by atoms with Crippen LogP contribution in [0.5, 0.6) is 0 Å². The van der Waals surface area contributed by atoms with Crippen molar-refractivity contribution in [2.45, 2.75) is 45.1 Å². The third-order valence-corrected chi connectivity index (χ3v) is 2.84. The van der Waals surface area contributed by atoms with E-state index in [2.05, 4.69) is 13.0 Å². The third kappa shape index (κ3) is 1.76. The predicted molar refractivity (Wildman–Crippen MR) is 53.8 cm³/mol. The largest absolute Gasteiger partial charge is 0.449 e. The summed E-state index contributed by atoms with van der Waals surface area (Å²) in [5.41, 5.74) is 1.20. The molecular formula is C11H17NO2. The Hall–Kier alpha value is -0.990. The van der Waals surface area contributed by atoms with Gasteiger partial charge in [-0.05, 0) is 12.8 Å². The average Bonchev–Trinajstić information content (AvgIpc) is 2.88. The van der Waals surface area contributed by atoms with Gasteiger partial charge in [-0.25, -0.2) is 4.79 Å². The Balaban J connectivity index is 1.80. The maximum atomic E-state index is 11.2. The molecule has 2 fully saturated rings. The fourth-order valence-electron chi connectivity index (χ4n) is 1.97. The van der Waals surface area contributed by atoms with Crippen LogP contribution in [0, 0.1) is 0 Å². The number of amides is 1. The topological polar surface area (TPSA) is 29.3 Å². The van der Waals surface area contributed by atoms with Gasteiger partial charge in [0, 0.05) is 12.1 Å². The van der Waals surface area contributed by atoms with Crippen molar-refractivity contribution in [3.05, 3.63) is 11.8 Å². The first kappa shape index (κ1) is 9.56. The molecule has 0 spiro atoms. The number of hydrogen-bond donors (Lipinski definition) is 0. The van der Waals surface area contributed by atoms with Gasteiger partial charge in [-0.2, -0.15) is 0 Å². The molecule has 0 radical (unpaired) electrons. The lowest BCUT2D eigenvalue weighted by Gasteiger charge is -2.09. The number of nitrogens with zero attached hydrogens (tertiary/aromatic N) is 1. The van der Waals surface area contributed by atoms with E-state index in [1.807, 2.05) is 0 Å². The molecule has 2 saturated heterocycles. The van der Waals surface area contributed by atoms with E-state index in [1.165, 1.54) is 25.0 Å². The van der Waals surface area contributed by atoms with Gasteiger partial charge in [0.25, 0.3) is 0 Å². The van der Waals surface area contributed by atoms with Crippen LogP contribution in [0.15, 0.2) is 11.8 Å². The fourth-order valence-corrected chi connectivity index (χ4v) is 1.97. The number of carbonyl (C=O) groups excluding carboxylic acids is 1. The number of unbranched alkanes of at least 4 members (excludes halogenated alkanes) is 3. The van der Waals surface area contributed by atoms with Crippen molar-refractivity contribution in [3.63, 3.8) is 0 Å². The van der Waals surface area contributed by atoms with Crippen LogP contribution < -0.4 is 0 Å². The zero-order valence-electron chi connectivity index (χ0n) is 8.66. The molecule has 3 nitrogen and oxygen atoms in total. The Morgan fingerprint density at radius 1 is 1.57 bits per heavy atom. The summed E-state index contributed by atoms with van der Waals surface area (Å²) >= 11 is 0. The fraction of sp³-hybridized carbons (Fsp3) is 0.727. The number of cyclic esters (lactones) is 1. The lowest BCUT2D eigenvalue weighted by Crippen LogP contribution is -2.22. The third-order valence-electron chi connectivity index (χ3n) is 2.84. The minimum Gasteiger partial charge on any atom is -0.449 e. The SMILES string of the molecule is CCCCC/C=C1\[C@@H]2CCOC(=O)N12. The molecule has 2 aliphatic rings. The molecule has 0 unspecified atom stereocenters. The van der Waals surface area contributed by atoms with Crippen LogP contribution in [-0.4, -0.2) is 23.6 Å².